The van der Waals surface area contributed by atoms with Gasteiger partial charge in [-0.15, -0.1) is 0 Å². The highest BCUT2D eigenvalue weighted by Gasteiger charge is 2.51. The number of methoxy groups -OCH3 is 2. The van der Waals surface area contributed by atoms with E-state index in [2.05, 4.69) is 71.0 Å². The molecular weight excluding hydrogens is 454 g/mol. The minimum atomic E-state index is 0.131. The van der Waals surface area contributed by atoms with Crippen LogP contribution < -0.4 is 20.1 Å². The van der Waals surface area contributed by atoms with E-state index in [-0.39, 0.29) is 5.41 Å². The Labute approximate surface area is 216 Å². The Hall–Kier alpha value is -2.31. The summed E-state index contributed by atoms with van der Waals surface area (Å²) in [5, 5.41) is 7.84. The van der Waals surface area contributed by atoms with Crippen LogP contribution in [-0.2, 0) is 11.8 Å². The van der Waals surface area contributed by atoms with Crippen LogP contribution in [0, 0.1) is 0 Å². The topological polar surface area (TPSA) is 45.8 Å². The fourth-order valence-electron chi connectivity index (χ4n) is 6.06. The van der Waals surface area contributed by atoms with Crippen molar-refractivity contribution >= 4 is 17.3 Å². The van der Waals surface area contributed by atoms with Crippen molar-refractivity contribution < 1.29 is 9.47 Å². The van der Waals surface area contributed by atoms with E-state index in [9.17, 15) is 0 Å². The van der Waals surface area contributed by atoms with Gasteiger partial charge in [-0.25, -0.2) is 0 Å². The molecule has 2 fully saturated rings. The van der Waals surface area contributed by atoms with Gasteiger partial charge in [0, 0.05) is 30.6 Å². The summed E-state index contributed by atoms with van der Waals surface area (Å²) in [5.74, 6) is 1.62. The van der Waals surface area contributed by atoms with Gasteiger partial charge in [0.1, 0.15) is 0 Å². The van der Waals surface area contributed by atoms with Crippen LogP contribution in [0.4, 0.5) is 0 Å². The summed E-state index contributed by atoms with van der Waals surface area (Å²) in [6.07, 6.45) is 7.92. The first-order valence-corrected chi connectivity index (χ1v) is 13.5. The maximum Gasteiger partial charge on any atom is 0.166 e. The lowest BCUT2D eigenvalue weighted by molar-refractivity contribution is 0.140. The standard InChI is InChI=1S/C29H41N3O2S/c1-4-5-17-30-28(35)31-24-13-15-29(23-11-12-25(33-2)26(20-23)34-3)16-19-32(27(29)21-24)18-14-22-9-7-6-8-10-22/h6-12,20,24,27H,4-5,13-19,21H2,1-3H3,(H2,30,31,35)/t24-,27+,29-/m0/s1. The first-order chi connectivity index (χ1) is 17.1. The molecule has 0 unspecified atom stereocenters. The number of fused-ring (bicyclic) bond motifs is 1. The van der Waals surface area contributed by atoms with E-state index in [1.54, 1.807) is 14.2 Å². The summed E-state index contributed by atoms with van der Waals surface area (Å²) in [5.41, 5.74) is 2.92. The zero-order valence-electron chi connectivity index (χ0n) is 21.5. The molecule has 1 saturated heterocycles. The molecule has 5 nitrogen and oxygen atoms in total. The molecule has 2 aromatic carbocycles. The fraction of sp³-hybridized carbons (Fsp3) is 0.552. The third-order valence-corrected chi connectivity index (χ3v) is 8.27. The van der Waals surface area contributed by atoms with Crippen LogP contribution in [-0.4, -0.2) is 55.9 Å². The molecule has 1 aliphatic heterocycles. The van der Waals surface area contributed by atoms with Gasteiger partial charge in [0.2, 0.25) is 0 Å². The number of ether oxygens (including phenoxy) is 2. The van der Waals surface area contributed by atoms with Crippen molar-refractivity contribution in [3.63, 3.8) is 0 Å². The Kier molecular flexibility index (Phi) is 8.90. The predicted octanol–water partition coefficient (Wildman–Crippen LogP) is 5.08. The van der Waals surface area contributed by atoms with Gasteiger partial charge >= 0.3 is 0 Å². The number of hydrogen-bond donors (Lipinski definition) is 2. The zero-order valence-corrected chi connectivity index (χ0v) is 22.3. The lowest BCUT2D eigenvalue weighted by Gasteiger charge is -2.46. The second-order valence-corrected chi connectivity index (χ2v) is 10.4. The highest BCUT2D eigenvalue weighted by molar-refractivity contribution is 7.80. The molecule has 1 heterocycles. The minimum absolute atomic E-state index is 0.131. The Bertz CT molecular complexity index is 970. The zero-order chi connectivity index (χ0) is 24.7. The van der Waals surface area contributed by atoms with E-state index in [0.29, 0.717) is 12.1 Å². The first kappa shape index (κ1) is 25.8. The maximum atomic E-state index is 5.69. The Morgan fingerprint density at radius 3 is 2.63 bits per heavy atom. The molecule has 0 spiro atoms. The largest absolute Gasteiger partial charge is 0.493 e. The fourth-order valence-corrected chi connectivity index (χ4v) is 6.33. The average Bonchev–Trinajstić information content (AvgIpc) is 3.26. The van der Waals surface area contributed by atoms with Crippen molar-refractivity contribution in [1.29, 1.82) is 0 Å². The van der Waals surface area contributed by atoms with Crippen molar-refractivity contribution in [2.45, 2.75) is 69.4 Å². The van der Waals surface area contributed by atoms with Crippen LogP contribution in [0.5, 0.6) is 11.5 Å². The first-order valence-electron chi connectivity index (χ1n) is 13.1. The highest BCUT2D eigenvalue weighted by Crippen LogP contribution is 2.50. The van der Waals surface area contributed by atoms with Gasteiger partial charge in [0.05, 0.1) is 14.2 Å². The summed E-state index contributed by atoms with van der Waals surface area (Å²) < 4.78 is 11.2. The summed E-state index contributed by atoms with van der Waals surface area (Å²) in [6, 6.07) is 18.3. The predicted molar refractivity (Wildman–Crippen MR) is 148 cm³/mol. The second-order valence-electron chi connectivity index (χ2n) is 9.99. The van der Waals surface area contributed by atoms with E-state index in [0.717, 1.165) is 68.3 Å². The van der Waals surface area contributed by atoms with E-state index < -0.39 is 0 Å². The molecule has 3 atom stereocenters. The van der Waals surface area contributed by atoms with Crippen LogP contribution in [0.25, 0.3) is 0 Å². The Balaban J connectivity index is 1.54. The van der Waals surface area contributed by atoms with Crippen LogP contribution in [0.2, 0.25) is 0 Å². The molecule has 1 saturated carbocycles. The Morgan fingerprint density at radius 2 is 1.89 bits per heavy atom. The highest BCUT2D eigenvalue weighted by atomic mass is 32.1. The van der Waals surface area contributed by atoms with Crippen LogP contribution >= 0.6 is 12.2 Å². The van der Waals surface area contributed by atoms with Crippen LogP contribution in [0.15, 0.2) is 48.5 Å². The van der Waals surface area contributed by atoms with Gasteiger partial charge in [0.25, 0.3) is 0 Å². The summed E-state index contributed by atoms with van der Waals surface area (Å²) in [4.78, 5) is 2.73. The second kappa shape index (κ2) is 12.1. The molecule has 2 aliphatic rings. The molecule has 35 heavy (non-hydrogen) atoms. The van der Waals surface area contributed by atoms with Crippen LogP contribution in [0.1, 0.15) is 56.6 Å². The lowest BCUT2D eigenvalue weighted by Crippen LogP contribution is -2.54. The number of unbranched alkanes of at least 4 members (excludes halogenated alkanes) is 1. The van der Waals surface area contributed by atoms with Gasteiger partial charge < -0.3 is 20.1 Å². The number of rotatable bonds is 10. The normalized spacial score (nSPS) is 24.0. The third-order valence-electron chi connectivity index (χ3n) is 8.01. The van der Waals surface area contributed by atoms with Gasteiger partial charge in [0.15, 0.2) is 16.6 Å². The van der Waals surface area contributed by atoms with Gasteiger partial charge in [-0.1, -0.05) is 49.7 Å². The Morgan fingerprint density at radius 1 is 1.09 bits per heavy atom. The minimum Gasteiger partial charge on any atom is -0.493 e. The van der Waals surface area contributed by atoms with Crippen molar-refractivity contribution in [1.82, 2.24) is 15.5 Å². The van der Waals surface area contributed by atoms with Crippen molar-refractivity contribution in [3.8, 4) is 11.5 Å². The molecule has 4 rings (SSSR count). The third kappa shape index (κ3) is 5.92. The van der Waals surface area contributed by atoms with Crippen molar-refractivity contribution in [2.24, 2.45) is 0 Å². The van der Waals surface area contributed by atoms with Gasteiger partial charge in [-0.3, -0.25) is 4.90 Å². The van der Waals surface area contributed by atoms with E-state index >= 15 is 0 Å². The number of hydrogen-bond acceptors (Lipinski definition) is 4. The SMILES string of the molecule is CCCCNC(=S)N[C@H]1CC[C@@]2(c3ccc(OC)c(OC)c3)CCN(CCc3ccccc3)[C@@H]2C1. The van der Waals surface area contributed by atoms with Crippen LogP contribution in [0.3, 0.4) is 0 Å². The van der Waals surface area contributed by atoms with E-state index in [1.807, 2.05) is 0 Å². The smallest absolute Gasteiger partial charge is 0.166 e. The molecule has 2 N–H and O–H groups in total. The maximum absolute atomic E-state index is 5.69. The van der Waals surface area contributed by atoms with Gasteiger partial charge in [-0.2, -0.15) is 0 Å². The number of thiocarbonyl (C=S) groups is 1. The molecule has 190 valence electrons. The summed E-state index contributed by atoms with van der Waals surface area (Å²) in [7, 11) is 3.43. The lowest BCUT2D eigenvalue weighted by atomic mass is 9.65. The summed E-state index contributed by atoms with van der Waals surface area (Å²) >= 11 is 5.63. The number of nitrogens with zero attached hydrogens (tertiary/aromatic N) is 1. The molecule has 0 bridgehead atoms. The van der Waals surface area contributed by atoms with E-state index in [1.165, 1.54) is 24.0 Å². The number of likely N-dealkylation sites (tertiary alicyclic amines) is 1. The summed E-state index contributed by atoms with van der Waals surface area (Å²) in [6.45, 7) is 5.35. The monoisotopic (exact) mass is 495 g/mol. The van der Waals surface area contributed by atoms with Gasteiger partial charge in [-0.05, 0) is 80.5 Å². The molecule has 1 aliphatic carbocycles. The number of nitrogens with one attached hydrogen (secondary N) is 2. The number of benzene rings is 2. The molecule has 0 radical (unpaired) electrons. The van der Waals surface area contributed by atoms with Crippen molar-refractivity contribution in [2.75, 3.05) is 33.9 Å². The average molecular weight is 496 g/mol. The molecule has 0 amide bonds. The molecule has 2 aromatic rings. The molecule has 0 aromatic heterocycles. The molecular formula is C29H41N3O2S. The molecule has 6 heteroatoms. The van der Waals surface area contributed by atoms with Crippen molar-refractivity contribution in [3.05, 3.63) is 59.7 Å². The quantitative estimate of drug-likeness (QED) is 0.354. The van der Waals surface area contributed by atoms with E-state index in [4.69, 9.17) is 21.7 Å².